The number of rotatable bonds is 2. The summed E-state index contributed by atoms with van der Waals surface area (Å²) in [6.45, 7) is 5.13. The second-order valence-electron chi connectivity index (χ2n) is 4.45. The number of carbonyl (C=O) groups is 1. The van der Waals surface area contributed by atoms with Crippen molar-refractivity contribution in [3.8, 4) is 0 Å². The van der Waals surface area contributed by atoms with Gasteiger partial charge in [-0.3, -0.25) is 4.79 Å². The third kappa shape index (κ3) is 4.89. The summed E-state index contributed by atoms with van der Waals surface area (Å²) in [6, 6.07) is 0.399. The molecule has 1 amide bonds. The highest BCUT2D eigenvalue weighted by Crippen LogP contribution is 2.19. The number of amides is 1. The van der Waals surface area contributed by atoms with Gasteiger partial charge in [-0.25, -0.2) is 0 Å². The van der Waals surface area contributed by atoms with Crippen molar-refractivity contribution in [1.29, 1.82) is 0 Å². The number of halogens is 1. The van der Waals surface area contributed by atoms with E-state index in [2.05, 4.69) is 12.2 Å². The van der Waals surface area contributed by atoms with Crippen molar-refractivity contribution < 1.29 is 4.79 Å². The molecule has 2 saturated heterocycles. The maximum Gasteiger partial charge on any atom is 0.224 e. The third-order valence-electron chi connectivity index (χ3n) is 3.01. The molecule has 1 N–H and O–H groups in total. The standard InChI is InChI=1S/C11H20N2OS2.ClH/c1-9-7-13(3-5-16-9)11(14)6-10-8-15-4-2-12-10;/h9-10,12H,2-8H2,1H3;1H. The van der Waals surface area contributed by atoms with Crippen LogP contribution in [0.2, 0.25) is 0 Å². The second-order valence-corrected chi connectivity index (χ2v) is 7.15. The number of nitrogens with zero attached hydrogens (tertiary/aromatic N) is 1. The van der Waals surface area contributed by atoms with Gasteiger partial charge in [0.1, 0.15) is 0 Å². The summed E-state index contributed by atoms with van der Waals surface area (Å²) in [5.74, 6) is 3.71. The lowest BCUT2D eigenvalue weighted by Crippen LogP contribution is -2.46. The van der Waals surface area contributed by atoms with Gasteiger partial charge in [-0.1, -0.05) is 6.92 Å². The van der Waals surface area contributed by atoms with Gasteiger partial charge in [-0.2, -0.15) is 23.5 Å². The lowest BCUT2D eigenvalue weighted by molar-refractivity contribution is -0.131. The Morgan fingerprint density at radius 3 is 2.94 bits per heavy atom. The minimum atomic E-state index is 0. The molecular formula is C11H21ClN2OS2. The van der Waals surface area contributed by atoms with Crippen molar-refractivity contribution in [3.05, 3.63) is 0 Å². The van der Waals surface area contributed by atoms with Crippen LogP contribution in [-0.4, -0.2) is 59.0 Å². The summed E-state index contributed by atoms with van der Waals surface area (Å²) < 4.78 is 0. The highest BCUT2D eigenvalue weighted by molar-refractivity contribution is 8.00. The summed E-state index contributed by atoms with van der Waals surface area (Å²) in [4.78, 5) is 14.1. The van der Waals surface area contributed by atoms with Crippen molar-refractivity contribution in [2.75, 3.05) is 36.9 Å². The summed E-state index contributed by atoms with van der Waals surface area (Å²) in [5, 5.41) is 4.03. The summed E-state index contributed by atoms with van der Waals surface area (Å²) >= 11 is 3.93. The van der Waals surface area contributed by atoms with Crippen LogP contribution in [0.3, 0.4) is 0 Å². The SMILES string of the molecule is CC1CN(C(=O)CC2CSCCN2)CCS1.Cl. The van der Waals surface area contributed by atoms with Crippen LogP contribution in [0, 0.1) is 0 Å². The molecule has 3 nitrogen and oxygen atoms in total. The highest BCUT2D eigenvalue weighted by Gasteiger charge is 2.24. The number of hydrogen-bond acceptors (Lipinski definition) is 4. The Hall–Kier alpha value is 0.420. The van der Waals surface area contributed by atoms with Crippen LogP contribution in [-0.2, 0) is 4.79 Å². The predicted octanol–water partition coefficient (Wildman–Crippen LogP) is 1.47. The Balaban J connectivity index is 0.00000144. The molecule has 2 aliphatic heterocycles. The van der Waals surface area contributed by atoms with Crippen molar-refractivity contribution in [2.24, 2.45) is 0 Å². The number of thioether (sulfide) groups is 2. The summed E-state index contributed by atoms with van der Waals surface area (Å²) in [5.41, 5.74) is 0. The average molecular weight is 297 g/mol. The predicted molar refractivity (Wildman–Crippen MR) is 79.5 cm³/mol. The zero-order valence-electron chi connectivity index (χ0n) is 10.2. The molecule has 0 aliphatic carbocycles. The molecule has 2 fully saturated rings. The first-order valence-electron chi connectivity index (χ1n) is 5.96. The number of carbonyl (C=O) groups excluding carboxylic acids is 1. The first-order valence-corrected chi connectivity index (χ1v) is 8.16. The smallest absolute Gasteiger partial charge is 0.224 e. The Morgan fingerprint density at radius 1 is 1.47 bits per heavy atom. The van der Waals surface area contributed by atoms with Gasteiger partial charge < -0.3 is 10.2 Å². The highest BCUT2D eigenvalue weighted by atomic mass is 35.5. The minimum absolute atomic E-state index is 0. The Labute approximate surface area is 118 Å². The largest absolute Gasteiger partial charge is 0.341 e. The van der Waals surface area contributed by atoms with Crippen LogP contribution in [0.4, 0.5) is 0 Å². The second kappa shape index (κ2) is 7.77. The van der Waals surface area contributed by atoms with E-state index in [0.717, 1.165) is 31.1 Å². The molecule has 0 saturated carbocycles. The van der Waals surface area contributed by atoms with E-state index in [1.807, 2.05) is 28.4 Å². The van der Waals surface area contributed by atoms with Gasteiger partial charge in [0.05, 0.1) is 0 Å². The van der Waals surface area contributed by atoms with Crippen LogP contribution < -0.4 is 5.32 Å². The molecular weight excluding hydrogens is 276 g/mol. The maximum absolute atomic E-state index is 12.1. The summed E-state index contributed by atoms with van der Waals surface area (Å²) in [6.07, 6.45) is 0.685. The minimum Gasteiger partial charge on any atom is -0.341 e. The molecule has 2 atom stereocenters. The molecule has 2 unspecified atom stereocenters. The lowest BCUT2D eigenvalue weighted by Gasteiger charge is -2.32. The van der Waals surface area contributed by atoms with Crippen molar-refractivity contribution in [1.82, 2.24) is 10.2 Å². The molecule has 0 radical (unpaired) electrons. The van der Waals surface area contributed by atoms with E-state index in [1.54, 1.807) is 0 Å². The molecule has 100 valence electrons. The molecule has 2 aliphatic rings. The molecule has 0 spiro atoms. The normalized spacial score (nSPS) is 29.6. The third-order valence-corrected chi connectivity index (χ3v) is 5.28. The van der Waals surface area contributed by atoms with Crippen LogP contribution >= 0.6 is 35.9 Å². The van der Waals surface area contributed by atoms with Crippen molar-refractivity contribution in [2.45, 2.75) is 24.6 Å². The Bertz CT molecular complexity index is 250. The molecule has 0 aromatic carbocycles. The average Bonchev–Trinajstić information content (AvgIpc) is 2.30. The fourth-order valence-electron chi connectivity index (χ4n) is 2.14. The van der Waals surface area contributed by atoms with E-state index in [-0.39, 0.29) is 12.4 Å². The Morgan fingerprint density at radius 2 is 2.29 bits per heavy atom. The van der Waals surface area contributed by atoms with Gasteiger partial charge >= 0.3 is 0 Å². The van der Waals surface area contributed by atoms with Crippen LogP contribution in [0.15, 0.2) is 0 Å². The van der Waals surface area contributed by atoms with Crippen LogP contribution in [0.25, 0.3) is 0 Å². The fourth-order valence-corrected chi connectivity index (χ4v) is 4.10. The molecule has 2 heterocycles. The van der Waals surface area contributed by atoms with Crippen LogP contribution in [0.5, 0.6) is 0 Å². The van der Waals surface area contributed by atoms with E-state index >= 15 is 0 Å². The van der Waals surface area contributed by atoms with E-state index in [4.69, 9.17) is 0 Å². The van der Waals surface area contributed by atoms with Crippen molar-refractivity contribution in [3.63, 3.8) is 0 Å². The molecule has 6 heteroatoms. The lowest BCUT2D eigenvalue weighted by atomic mass is 10.2. The van der Waals surface area contributed by atoms with Gasteiger partial charge in [0.15, 0.2) is 0 Å². The van der Waals surface area contributed by atoms with Gasteiger partial charge in [-0.05, 0) is 0 Å². The first kappa shape index (κ1) is 15.5. The first-order chi connectivity index (χ1) is 7.75. The topological polar surface area (TPSA) is 32.3 Å². The zero-order valence-corrected chi connectivity index (χ0v) is 12.6. The van der Waals surface area contributed by atoms with E-state index in [1.165, 1.54) is 5.75 Å². The van der Waals surface area contributed by atoms with Crippen LogP contribution in [0.1, 0.15) is 13.3 Å². The van der Waals surface area contributed by atoms with E-state index in [9.17, 15) is 4.79 Å². The quantitative estimate of drug-likeness (QED) is 0.836. The molecule has 0 aromatic rings. The number of hydrogen-bond donors (Lipinski definition) is 1. The van der Waals surface area contributed by atoms with Crippen molar-refractivity contribution >= 4 is 41.8 Å². The van der Waals surface area contributed by atoms with Gasteiger partial charge in [0.25, 0.3) is 0 Å². The van der Waals surface area contributed by atoms with E-state index < -0.39 is 0 Å². The monoisotopic (exact) mass is 296 g/mol. The van der Waals surface area contributed by atoms with E-state index in [0.29, 0.717) is 23.6 Å². The van der Waals surface area contributed by atoms with Gasteiger partial charge in [0.2, 0.25) is 5.91 Å². The van der Waals surface area contributed by atoms with Gasteiger partial charge in [-0.15, -0.1) is 12.4 Å². The fraction of sp³-hybridized carbons (Fsp3) is 0.909. The molecule has 0 bridgehead atoms. The maximum atomic E-state index is 12.1. The Kier molecular flexibility index (Phi) is 7.07. The molecule has 0 aromatic heterocycles. The number of nitrogens with one attached hydrogen (secondary N) is 1. The summed E-state index contributed by atoms with van der Waals surface area (Å²) in [7, 11) is 0. The molecule has 2 rings (SSSR count). The zero-order chi connectivity index (χ0) is 11.4. The molecule has 17 heavy (non-hydrogen) atoms. The van der Waals surface area contributed by atoms with Gasteiger partial charge in [0, 0.05) is 54.6 Å².